The molecule has 2 aromatic carbocycles. The zero-order valence-electron chi connectivity index (χ0n) is 16.5. The molecule has 1 unspecified atom stereocenters. The van der Waals surface area contributed by atoms with Crippen LogP contribution in [-0.2, 0) is 0 Å². The number of halogens is 1. The van der Waals surface area contributed by atoms with Crippen molar-refractivity contribution in [3.05, 3.63) is 71.7 Å². The molecule has 0 spiro atoms. The average Bonchev–Trinajstić information content (AvgIpc) is 3.03. The van der Waals surface area contributed by atoms with E-state index in [0.29, 0.717) is 22.9 Å². The Kier molecular flexibility index (Phi) is 5.85. The predicted molar refractivity (Wildman–Crippen MR) is 118 cm³/mol. The predicted octanol–water partition coefficient (Wildman–Crippen LogP) is 3.48. The van der Waals surface area contributed by atoms with Gasteiger partial charge in [0, 0.05) is 48.8 Å². The van der Waals surface area contributed by atoms with Crippen LogP contribution in [0.3, 0.4) is 0 Å². The van der Waals surface area contributed by atoms with Crippen molar-refractivity contribution in [2.75, 3.05) is 35.6 Å². The zero-order valence-corrected chi connectivity index (χ0v) is 16.5. The minimum absolute atomic E-state index is 0.0949. The first-order chi connectivity index (χ1) is 14.6. The molecular weight excluding hydrogens is 381 g/mol. The number of rotatable bonds is 5. The van der Waals surface area contributed by atoms with Crippen LogP contribution in [0.4, 0.5) is 27.5 Å². The van der Waals surface area contributed by atoms with Gasteiger partial charge in [-0.2, -0.15) is 4.98 Å². The summed E-state index contributed by atoms with van der Waals surface area (Å²) < 4.78 is 14.4. The summed E-state index contributed by atoms with van der Waals surface area (Å²) in [6.45, 7) is 2.27. The van der Waals surface area contributed by atoms with Crippen LogP contribution in [0.25, 0.3) is 0 Å². The second-order valence-electron chi connectivity index (χ2n) is 7.17. The summed E-state index contributed by atoms with van der Waals surface area (Å²) in [7, 11) is 0. The molecule has 1 fully saturated rings. The summed E-state index contributed by atoms with van der Waals surface area (Å²) >= 11 is 0. The Labute approximate surface area is 174 Å². The molecule has 0 saturated carbocycles. The molecule has 0 amide bonds. The highest BCUT2D eigenvalue weighted by Crippen LogP contribution is 2.24. The molecule has 3 aromatic rings. The molecule has 30 heavy (non-hydrogen) atoms. The van der Waals surface area contributed by atoms with Gasteiger partial charge in [0.05, 0.1) is 6.20 Å². The number of nitrogens with zero attached hydrogens (tertiary/aromatic N) is 3. The molecule has 1 aliphatic heterocycles. The number of benzene rings is 2. The Bertz CT molecular complexity index is 1030. The highest BCUT2D eigenvalue weighted by molar-refractivity contribution is 5.87. The third kappa shape index (κ3) is 4.38. The van der Waals surface area contributed by atoms with Gasteiger partial charge in [-0.25, -0.2) is 9.37 Å². The highest BCUT2D eigenvalue weighted by Gasteiger charge is 2.20. The SMILES string of the molecule is N=Cc1cc(Nc2nc(N3CCNC(c4ccccc4)CC3)ncc2F)ccc1N. The average molecular weight is 405 g/mol. The number of aromatic nitrogens is 2. The van der Waals surface area contributed by atoms with Crippen molar-refractivity contribution in [3.8, 4) is 0 Å². The van der Waals surface area contributed by atoms with Crippen molar-refractivity contribution >= 4 is 29.4 Å². The van der Waals surface area contributed by atoms with Gasteiger partial charge in [-0.3, -0.25) is 0 Å². The minimum Gasteiger partial charge on any atom is -0.398 e. The van der Waals surface area contributed by atoms with Crippen molar-refractivity contribution in [2.45, 2.75) is 12.5 Å². The normalized spacial score (nSPS) is 16.7. The number of nitrogens with two attached hydrogens (primary N) is 1. The highest BCUT2D eigenvalue weighted by atomic mass is 19.1. The van der Waals surface area contributed by atoms with E-state index in [0.717, 1.165) is 32.3 Å². The van der Waals surface area contributed by atoms with Crippen LogP contribution in [0.15, 0.2) is 54.7 Å². The van der Waals surface area contributed by atoms with Crippen LogP contribution in [0.2, 0.25) is 0 Å². The summed E-state index contributed by atoms with van der Waals surface area (Å²) in [6, 6.07) is 15.7. The van der Waals surface area contributed by atoms with E-state index in [1.165, 1.54) is 11.8 Å². The van der Waals surface area contributed by atoms with Crippen molar-refractivity contribution in [1.82, 2.24) is 15.3 Å². The maximum Gasteiger partial charge on any atom is 0.227 e. The van der Waals surface area contributed by atoms with Gasteiger partial charge in [0.2, 0.25) is 5.95 Å². The molecule has 7 nitrogen and oxygen atoms in total. The van der Waals surface area contributed by atoms with Gasteiger partial charge in [0.25, 0.3) is 0 Å². The van der Waals surface area contributed by atoms with Gasteiger partial charge in [-0.05, 0) is 30.2 Å². The first-order valence-corrected chi connectivity index (χ1v) is 9.87. The largest absolute Gasteiger partial charge is 0.398 e. The lowest BCUT2D eigenvalue weighted by molar-refractivity contribution is 0.550. The standard InChI is InChI=1S/C22H24FN7/c23-18-14-27-22(29-21(18)28-17-6-7-19(25)16(12-17)13-24)30-10-8-20(26-9-11-30)15-4-2-1-3-5-15/h1-7,12-14,20,24,26H,8-11,25H2,(H,27,28,29). The molecule has 0 aliphatic carbocycles. The lowest BCUT2D eigenvalue weighted by Crippen LogP contribution is -2.29. The molecule has 0 bridgehead atoms. The van der Waals surface area contributed by atoms with Crippen LogP contribution < -0.4 is 21.3 Å². The molecule has 2 heterocycles. The number of hydrogen-bond donors (Lipinski definition) is 4. The zero-order chi connectivity index (χ0) is 20.9. The van der Waals surface area contributed by atoms with Crippen LogP contribution >= 0.6 is 0 Å². The molecule has 8 heteroatoms. The minimum atomic E-state index is -0.540. The number of hydrogen-bond acceptors (Lipinski definition) is 7. The van der Waals surface area contributed by atoms with Crippen LogP contribution in [0, 0.1) is 11.2 Å². The summed E-state index contributed by atoms with van der Waals surface area (Å²) in [5, 5.41) is 14.0. The van der Waals surface area contributed by atoms with Gasteiger partial charge < -0.3 is 26.7 Å². The van der Waals surface area contributed by atoms with E-state index in [2.05, 4.69) is 37.6 Å². The molecule has 154 valence electrons. The fraction of sp³-hybridized carbons (Fsp3) is 0.227. The molecule has 4 rings (SSSR count). The van der Waals surface area contributed by atoms with E-state index in [9.17, 15) is 4.39 Å². The monoisotopic (exact) mass is 405 g/mol. The van der Waals surface area contributed by atoms with Gasteiger partial charge in [0.15, 0.2) is 11.6 Å². The van der Waals surface area contributed by atoms with Crippen LogP contribution in [0.1, 0.15) is 23.6 Å². The quantitative estimate of drug-likeness (QED) is 0.383. The molecule has 1 saturated heterocycles. The lowest BCUT2D eigenvalue weighted by Gasteiger charge is -2.21. The Morgan fingerprint density at radius 1 is 1.20 bits per heavy atom. The van der Waals surface area contributed by atoms with E-state index < -0.39 is 5.82 Å². The number of nitrogen functional groups attached to an aromatic ring is 1. The second-order valence-corrected chi connectivity index (χ2v) is 7.17. The summed E-state index contributed by atoms with van der Waals surface area (Å²) in [4.78, 5) is 10.7. The van der Waals surface area contributed by atoms with E-state index in [-0.39, 0.29) is 11.9 Å². The topological polar surface area (TPSA) is 103 Å². The third-order valence-corrected chi connectivity index (χ3v) is 5.18. The summed E-state index contributed by atoms with van der Waals surface area (Å²) in [6.07, 6.45) is 3.25. The summed E-state index contributed by atoms with van der Waals surface area (Å²) in [5.41, 5.74) is 8.73. The molecule has 5 N–H and O–H groups in total. The first kappa shape index (κ1) is 19.8. The first-order valence-electron chi connectivity index (χ1n) is 9.87. The molecule has 1 atom stereocenters. The fourth-order valence-corrected chi connectivity index (χ4v) is 3.55. The van der Waals surface area contributed by atoms with E-state index >= 15 is 0 Å². The number of nitrogens with one attached hydrogen (secondary N) is 3. The molecule has 0 radical (unpaired) electrons. The number of anilines is 4. The fourth-order valence-electron chi connectivity index (χ4n) is 3.55. The molecular formula is C22H24FN7. The van der Waals surface area contributed by atoms with Crippen molar-refractivity contribution < 1.29 is 4.39 Å². The molecule has 1 aromatic heterocycles. The third-order valence-electron chi connectivity index (χ3n) is 5.18. The van der Waals surface area contributed by atoms with Gasteiger partial charge in [-0.1, -0.05) is 30.3 Å². The van der Waals surface area contributed by atoms with E-state index in [4.69, 9.17) is 11.1 Å². The Morgan fingerprint density at radius 3 is 2.83 bits per heavy atom. The Balaban J connectivity index is 1.51. The summed E-state index contributed by atoms with van der Waals surface area (Å²) in [5.74, 6) is 0.0386. The van der Waals surface area contributed by atoms with Crippen molar-refractivity contribution in [3.63, 3.8) is 0 Å². The van der Waals surface area contributed by atoms with Gasteiger partial charge in [0.1, 0.15) is 0 Å². The molecule has 1 aliphatic rings. The van der Waals surface area contributed by atoms with Crippen LogP contribution in [0.5, 0.6) is 0 Å². The van der Waals surface area contributed by atoms with Crippen molar-refractivity contribution in [2.24, 2.45) is 0 Å². The van der Waals surface area contributed by atoms with E-state index in [1.54, 1.807) is 18.2 Å². The maximum absolute atomic E-state index is 14.4. The van der Waals surface area contributed by atoms with Gasteiger partial charge >= 0.3 is 0 Å². The second kappa shape index (κ2) is 8.87. The smallest absolute Gasteiger partial charge is 0.227 e. The Hall–Kier alpha value is -3.52. The van der Waals surface area contributed by atoms with Gasteiger partial charge in [-0.15, -0.1) is 0 Å². The van der Waals surface area contributed by atoms with Crippen LogP contribution in [-0.4, -0.2) is 35.8 Å². The van der Waals surface area contributed by atoms with E-state index in [1.807, 2.05) is 18.2 Å². The van der Waals surface area contributed by atoms with Crippen molar-refractivity contribution in [1.29, 1.82) is 5.41 Å². The maximum atomic E-state index is 14.4. The Morgan fingerprint density at radius 2 is 2.03 bits per heavy atom. The lowest BCUT2D eigenvalue weighted by atomic mass is 10.0.